The molecule has 2 amide bonds. The van der Waals surface area contributed by atoms with E-state index in [1.807, 2.05) is 0 Å². The Hall–Kier alpha value is -5.11. The molecule has 2 N–H and O–H groups in total. The number of nitrogens with zero attached hydrogens (tertiary/aromatic N) is 8. The molecule has 0 unspecified atom stereocenters. The number of nitrogens with one attached hydrogen (secondary N) is 1. The Balaban J connectivity index is 1.35. The number of piperazine rings is 1. The molecule has 6 rings (SSSR count). The third kappa shape index (κ3) is 7.09. The summed E-state index contributed by atoms with van der Waals surface area (Å²) in [7, 11) is -9.94. The van der Waals surface area contributed by atoms with Gasteiger partial charge in [0.25, 0.3) is 11.5 Å². The number of carbonyl (C=O) groups is 2. The Morgan fingerprint density at radius 2 is 1.78 bits per heavy atom. The number of carbonyl (C=O) groups excluding carboxylic acids is 2. The van der Waals surface area contributed by atoms with Crippen LogP contribution in [0.15, 0.2) is 40.3 Å². The number of rotatable bonds is 8. The van der Waals surface area contributed by atoms with Gasteiger partial charge in [0.2, 0.25) is 11.7 Å². The lowest BCUT2D eigenvalue weighted by Crippen LogP contribution is -2.51. The zero-order chi connectivity index (χ0) is 36.9. The summed E-state index contributed by atoms with van der Waals surface area (Å²) in [6, 6.07) is 1.28. The summed E-state index contributed by atoms with van der Waals surface area (Å²) in [6.45, 7) is 5.45. The molecule has 1 fully saturated rings. The van der Waals surface area contributed by atoms with E-state index in [1.54, 1.807) is 24.8 Å². The van der Waals surface area contributed by atoms with Crippen LogP contribution in [0.3, 0.4) is 0 Å². The van der Waals surface area contributed by atoms with Gasteiger partial charge in [0.05, 0.1) is 24.6 Å². The quantitative estimate of drug-likeness (QED) is 0.244. The lowest BCUT2D eigenvalue weighted by atomic mass is 10.1. The van der Waals surface area contributed by atoms with Gasteiger partial charge in [-0.25, -0.2) is 9.97 Å². The third-order valence-electron chi connectivity index (χ3n) is 8.72. The first kappa shape index (κ1) is 35.7. The SMILES string of the molecule is CCc1c(N2CCN(C(=O)c3ncnc(C)c3O)CC2)c(=O)n2nc(C3=CCOCC3)nc2n1CC(=O)Nc1ccc(S(F)(F)(F)(F)F)cc1C. The second kappa shape index (κ2) is 12.3. The smallest absolute Gasteiger partial charge is 0.310 e. The zero-order valence-corrected chi connectivity index (χ0v) is 28.5. The van der Waals surface area contributed by atoms with Gasteiger partial charge in [-0.2, -0.15) is 9.50 Å². The molecule has 5 heterocycles. The third-order valence-corrected chi connectivity index (χ3v) is 9.87. The van der Waals surface area contributed by atoms with Crippen LogP contribution in [0.4, 0.5) is 30.8 Å². The van der Waals surface area contributed by atoms with Gasteiger partial charge in [-0.3, -0.25) is 14.4 Å². The number of aryl methyl sites for hydroxylation is 2. The number of hydrogen-bond acceptors (Lipinski definition) is 10. The predicted molar refractivity (Wildman–Crippen MR) is 178 cm³/mol. The summed E-state index contributed by atoms with van der Waals surface area (Å²) < 4.78 is 74.9. The molecule has 20 heteroatoms. The number of hydrogen-bond donors (Lipinski definition) is 2. The minimum absolute atomic E-state index is 0.0366. The molecular weight excluding hydrogens is 705 g/mol. The molecule has 0 saturated carbocycles. The number of fused-ring (bicyclic) bond motifs is 1. The normalized spacial score (nSPS) is 16.8. The van der Waals surface area contributed by atoms with E-state index in [9.17, 15) is 38.9 Å². The van der Waals surface area contributed by atoms with Crippen LogP contribution in [0.5, 0.6) is 5.75 Å². The summed E-state index contributed by atoms with van der Waals surface area (Å²) in [5.41, 5.74) is 0.587. The first-order valence-electron chi connectivity index (χ1n) is 15.8. The maximum Gasteiger partial charge on any atom is 0.310 e. The van der Waals surface area contributed by atoms with Gasteiger partial charge < -0.3 is 29.5 Å². The van der Waals surface area contributed by atoms with E-state index in [1.165, 1.54) is 22.7 Å². The predicted octanol–water partition coefficient (Wildman–Crippen LogP) is 4.63. The van der Waals surface area contributed by atoms with Gasteiger partial charge in [-0.15, -0.1) is 5.10 Å². The highest BCUT2D eigenvalue weighted by Crippen LogP contribution is 3.02. The summed E-state index contributed by atoms with van der Waals surface area (Å²) in [4.78, 5) is 54.4. The second-order valence-corrected chi connectivity index (χ2v) is 14.6. The average Bonchev–Trinajstić information content (AvgIpc) is 3.53. The van der Waals surface area contributed by atoms with E-state index >= 15 is 0 Å². The monoisotopic (exact) mass is 739 g/mol. The van der Waals surface area contributed by atoms with Crippen molar-refractivity contribution in [2.75, 3.05) is 49.6 Å². The summed E-state index contributed by atoms with van der Waals surface area (Å²) in [5.74, 6) is -1.27. The van der Waals surface area contributed by atoms with Gasteiger partial charge >= 0.3 is 10.2 Å². The molecule has 1 aromatic carbocycles. The lowest BCUT2D eigenvalue weighted by Gasteiger charge is -2.40. The highest BCUT2D eigenvalue weighted by atomic mass is 32.5. The molecule has 1 saturated heterocycles. The molecule has 0 radical (unpaired) electrons. The molecular formula is C31H34F5N9O5S. The second-order valence-electron chi connectivity index (χ2n) is 12.2. The van der Waals surface area contributed by atoms with Gasteiger partial charge in [0, 0.05) is 31.9 Å². The van der Waals surface area contributed by atoms with E-state index in [2.05, 4.69) is 25.4 Å². The number of aromatic nitrogens is 6. The summed E-state index contributed by atoms with van der Waals surface area (Å²) >= 11 is 0. The van der Waals surface area contributed by atoms with Crippen molar-refractivity contribution in [3.05, 3.63) is 69.4 Å². The average molecular weight is 740 g/mol. The van der Waals surface area contributed by atoms with Crippen LogP contribution in [0.2, 0.25) is 0 Å². The van der Waals surface area contributed by atoms with Crippen molar-refractivity contribution >= 4 is 44.8 Å². The fourth-order valence-electron chi connectivity index (χ4n) is 6.05. The number of ether oxygens (including phenoxy) is 1. The van der Waals surface area contributed by atoms with Crippen LogP contribution >= 0.6 is 10.2 Å². The van der Waals surface area contributed by atoms with Crippen LogP contribution in [0.25, 0.3) is 11.4 Å². The molecule has 274 valence electrons. The van der Waals surface area contributed by atoms with E-state index in [-0.39, 0.29) is 90.4 Å². The fraction of sp³-hybridized carbons (Fsp3) is 0.387. The molecule has 2 aliphatic heterocycles. The molecule has 14 nitrogen and oxygen atoms in total. The Morgan fingerprint density at radius 3 is 2.41 bits per heavy atom. The number of benzene rings is 1. The summed E-state index contributed by atoms with van der Waals surface area (Å²) in [5, 5.41) is 17.3. The number of aromatic hydroxyl groups is 1. The van der Waals surface area contributed by atoms with Gasteiger partial charge in [-0.05, 0) is 56.0 Å². The van der Waals surface area contributed by atoms with Crippen molar-refractivity contribution in [2.45, 2.75) is 45.1 Å². The van der Waals surface area contributed by atoms with E-state index in [4.69, 9.17) is 4.74 Å². The lowest BCUT2D eigenvalue weighted by molar-refractivity contribution is -0.116. The molecule has 4 aromatic rings. The molecule has 0 atom stereocenters. The fourth-order valence-corrected chi connectivity index (χ4v) is 6.78. The molecule has 0 aliphatic carbocycles. The van der Waals surface area contributed by atoms with Crippen molar-refractivity contribution in [3.8, 4) is 5.75 Å². The van der Waals surface area contributed by atoms with E-state index in [0.717, 1.165) is 16.2 Å². The van der Waals surface area contributed by atoms with Gasteiger partial charge in [-0.1, -0.05) is 32.4 Å². The first-order valence-corrected chi connectivity index (χ1v) is 17.8. The van der Waals surface area contributed by atoms with Gasteiger partial charge in [0.15, 0.2) is 17.3 Å². The minimum atomic E-state index is -9.94. The maximum atomic E-state index is 14.1. The standard InChI is InChI=1S/C31H34F5N9O5S/c1-4-23-26(42-9-11-43(12-10-42)29(48)25-27(47)19(3)37-17-38-25)30(49)45-31(40-28(41-45)20-7-13-50-14-8-20)44(23)16-24(46)39-22-6-5-21(15-18(22)2)51(32,33,34,35)36/h5-7,15,17,47H,4,8-14,16H2,1-3H3,(H,39,46). The number of anilines is 2. The van der Waals surface area contributed by atoms with Crippen LogP contribution in [-0.2, 0) is 22.5 Å². The van der Waals surface area contributed by atoms with Crippen molar-refractivity contribution in [1.82, 2.24) is 34.0 Å². The Bertz CT molecular complexity index is 2170. The largest absolute Gasteiger partial charge is 0.504 e. The minimum Gasteiger partial charge on any atom is -0.504 e. The molecule has 3 aromatic heterocycles. The molecule has 0 bridgehead atoms. The van der Waals surface area contributed by atoms with Gasteiger partial charge in [0.1, 0.15) is 23.5 Å². The van der Waals surface area contributed by atoms with Crippen LogP contribution < -0.4 is 15.8 Å². The highest BCUT2D eigenvalue weighted by molar-refractivity contribution is 8.45. The van der Waals surface area contributed by atoms with Crippen LogP contribution in [0.1, 0.15) is 46.6 Å². The van der Waals surface area contributed by atoms with Crippen molar-refractivity contribution < 1.29 is 38.9 Å². The molecule has 2 aliphatic rings. The Labute approximate surface area is 287 Å². The van der Waals surface area contributed by atoms with Crippen LogP contribution in [-0.4, -0.2) is 90.3 Å². The number of halogens is 5. The maximum absolute atomic E-state index is 14.1. The van der Waals surface area contributed by atoms with E-state index < -0.39 is 39.0 Å². The summed E-state index contributed by atoms with van der Waals surface area (Å²) in [6.07, 6.45) is 3.68. The topological polar surface area (TPSA) is 160 Å². The van der Waals surface area contributed by atoms with Crippen molar-refractivity contribution in [2.24, 2.45) is 0 Å². The molecule has 0 spiro atoms. The Morgan fingerprint density at radius 1 is 1.06 bits per heavy atom. The van der Waals surface area contributed by atoms with E-state index in [0.29, 0.717) is 25.3 Å². The first-order chi connectivity index (χ1) is 23.9. The number of amides is 2. The molecule has 51 heavy (non-hydrogen) atoms. The van der Waals surface area contributed by atoms with Crippen LogP contribution in [0, 0.1) is 13.8 Å². The van der Waals surface area contributed by atoms with Crippen molar-refractivity contribution in [3.63, 3.8) is 0 Å². The van der Waals surface area contributed by atoms with Crippen molar-refractivity contribution in [1.29, 1.82) is 0 Å². The Kier molecular flexibility index (Phi) is 8.60. The highest BCUT2D eigenvalue weighted by Gasteiger charge is 2.65. The zero-order valence-electron chi connectivity index (χ0n) is 27.7.